The number of benzene rings is 6. The molecule has 0 N–H and O–H groups in total. The van der Waals surface area contributed by atoms with Crippen molar-refractivity contribution in [3.05, 3.63) is 193 Å². The Morgan fingerprint density at radius 3 is 0.733 bits per heavy atom. The van der Waals surface area contributed by atoms with Crippen LogP contribution in [0.2, 0.25) is 0 Å². The van der Waals surface area contributed by atoms with Gasteiger partial charge in [-0.3, -0.25) is 39.5 Å². The Bertz CT molecular complexity index is 4960. The number of piperidine rings is 12. The average molecular weight is 1610 g/mol. The van der Waals surface area contributed by atoms with Crippen LogP contribution in [0.15, 0.2) is 170 Å². The van der Waals surface area contributed by atoms with Gasteiger partial charge in [0.25, 0.3) is 0 Å². The third kappa shape index (κ3) is 15.5. The van der Waals surface area contributed by atoms with Crippen molar-refractivity contribution in [1.82, 2.24) is 59.9 Å². The third-order valence-electron chi connectivity index (χ3n) is 30.1. The van der Waals surface area contributed by atoms with Crippen molar-refractivity contribution < 1.29 is 37.9 Å². The SMILES string of the molecule is CCC1CN2CCC1C[C@@H]2[C@@H](COc1nnc(OC[C@@H](c2ccnc3ccc(OC)cc23)[C@H]2C[C@H]3CCN2C[C@@H]3CC)c2ccccc12)c1ccnc2ccc(OC)cc12.CCC1CN2CCC1C[C@H]2[C@H](COc1nnc(OC[C@H](c2ccnc3ccc(OC)cc23)[C@@H]2C[C@H]3CCN2CC3CC)c2ccccc12)c1ccnc2ccc(OC)cc12. The number of nitrogens with zero attached hydrogens (tertiary/aromatic N) is 12. The lowest BCUT2D eigenvalue weighted by atomic mass is 9.70. The van der Waals surface area contributed by atoms with Crippen molar-refractivity contribution in [1.29, 1.82) is 0 Å². The van der Waals surface area contributed by atoms with Gasteiger partial charge in [0.15, 0.2) is 0 Å². The maximum Gasteiger partial charge on any atom is 0.241 e. The number of rotatable bonds is 28. The van der Waals surface area contributed by atoms with Crippen molar-refractivity contribution in [2.75, 3.05) is 107 Å². The van der Waals surface area contributed by atoms with Crippen LogP contribution in [0.5, 0.6) is 46.5 Å². The maximum atomic E-state index is 6.89. The monoisotopic (exact) mass is 1610 g/mol. The molecule has 0 amide bonds. The van der Waals surface area contributed by atoms with Gasteiger partial charge in [-0.15, -0.1) is 20.4 Å². The first-order chi connectivity index (χ1) is 59.1. The Labute approximate surface area is 705 Å². The Hall–Kier alpha value is -10.1. The van der Waals surface area contributed by atoms with Crippen molar-refractivity contribution in [2.45, 2.75) is 153 Å². The molecule has 20 nitrogen and oxygen atoms in total. The predicted molar refractivity (Wildman–Crippen MR) is 473 cm³/mol. The van der Waals surface area contributed by atoms with Crippen LogP contribution in [-0.4, -0.2) is 191 Å². The molecule has 0 radical (unpaired) electrons. The number of fused-ring (bicyclic) bond motifs is 18. The van der Waals surface area contributed by atoms with Gasteiger partial charge in [0.05, 0.1) is 98.5 Å². The molecule has 12 aromatic rings. The van der Waals surface area contributed by atoms with Crippen molar-refractivity contribution in [2.24, 2.45) is 47.3 Å². The zero-order valence-corrected chi connectivity index (χ0v) is 71.0. The number of ether oxygens (including phenoxy) is 8. The summed E-state index contributed by atoms with van der Waals surface area (Å²) in [6.45, 7) is 20.4. The van der Waals surface area contributed by atoms with E-state index in [9.17, 15) is 0 Å². The van der Waals surface area contributed by atoms with Gasteiger partial charge >= 0.3 is 0 Å². The normalized spacial score (nSPS) is 26.9. The molecule has 0 saturated carbocycles. The van der Waals surface area contributed by atoms with Gasteiger partial charge in [0.2, 0.25) is 23.5 Å². The minimum atomic E-state index is 0.0994. The van der Waals surface area contributed by atoms with E-state index in [1.54, 1.807) is 28.4 Å². The number of hydrogen-bond donors (Lipinski definition) is 0. The van der Waals surface area contributed by atoms with E-state index < -0.39 is 0 Å². The molecule has 12 aliphatic rings. The van der Waals surface area contributed by atoms with E-state index >= 15 is 0 Å². The molecule has 0 aliphatic carbocycles. The summed E-state index contributed by atoms with van der Waals surface area (Å²) in [6.07, 6.45) is 22.5. The standard InChI is InChI=1S/2C50H58N6O4/c2*1-5-31-27-55-21-17-33(31)23-47(55)43(37-15-19-51-45-13-11-35(57-3)25-41(37)45)29-59-49-39-9-7-8-10-40(39)50(54-53-49)60-30-44(48-24-34-18-22-56(48)28-32(34)6-2)38-16-20-52-46-14-12-36(58-4)26-42(38)46/h2*7-16,19-20,25-26,31-34,43-44,47-48H,5-6,17-18,21-24,27-30H2,1-4H3/t31?,32?,33-,34?,43-,44-,47+,48+;31-,32?,33+,34?,43-,44-,47+,48+/m10/s1. The minimum Gasteiger partial charge on any atom is -0.497 e. The quantitative estimate of drug-likeness (QED) is 0.0449. The molecule has 12 aliphatic heterocycles. The topological polar surface area (TPSA) is 190 Å². The molecule has 8 bridgehead atoms. The van der Waals surface area contributed by atoms with E-state index in [1.807, 2.05) is 73.3 Å². The van der Waals surface area contributed by atoms with Crippen LogP contribution < -0.4 is 37.9 Å². The molecular formula is C100H116N12O8. The molecule has 24 rings (SSSR count). The molecule has 20 atom stereocenters. The van der Waals surface area contributed by atoms with Gasteiger partial charge in [-0.1, -0.05) is 77.6 Å². The van der Waals surface area contributed by atoms with E-state index in [4.69, 9.17) is 78.2 Å². The highest BCUT2D eigenvalue weighted by Gasteiger charge is 2.48. The van der Waals surface area contributed by atoms with Gasteiger partial charge in [-0.25, -0.2) is 0 Å². The maximum absolute atomic E-state index is 6.89. The fourth-order valence-corrected chi connectivity index (χ4v) is 23.5. The molecular weight excluding hydrogens is 1500 g/mol. The van der Waals surface area contributed by atoms with Gasteiger partial charge in [0.1, 0.15) is 23.0 Å². The number of methoxy groups -OCH3 is 4. The average Bonchev–Trinajstić information content (AvgIpc) is 0.770. The second-order valence-corrected chi connectivity index (χ2v) is 35.6. The van der Waals surface area contributed by atoms with Crippen LogP contribution in [0, 0.1) is 47.3 Å². The number of pyridine rings is 4. The summed E-state index contributed by atoms with van der Waals surface area (Å²) < 4.78 is 50.4. The summed E-state index contributed by atoms with van der Waals surface area (Å²) in [5.41, 5.74) is 8.83. The Balaban J connectivity index is 0.000000159. The Kier molecular flexibility index (Phi) is 23.3. The van der Waals surface area contributed by atoms with E-state index in [1.165, 1.54) is 99.3 Å². The fraction of sp³-hybridized carbons (Fsp3) is 0.480. The van der Waals surface area contributed by atoms with Gasteiger partial charge in [0, 0.05) is 120 Å². The van der Waals surface area contributed by atoms with Crippen molar-refractivity contribution in [3.63, 3.8) is 0 Å². The minimum absolute atomic E-state index is 0.0994. The fourth-order valence-electron chi connectivity index (χ4n) is 23.5. The molecule has 12 fully saturated rings. The largest absolute Gasteiger partial charge is 0.497 e. The van der Waals surface area contributed by atoms with Crippen LogP contribution in [0.25, 0.3) is 65.2 Å². The lowest BCUT2D eigenvalue weighted by molar-refractivity contribution is -0.0177. The lowest BCUT2D eigenvalue weighted by Crippen LogP contribution is -2.55. The van der Waals surface area contributed by atoms with E-state index in [0.29, 0.717) is 74.1 Å². The second kappa shape index (κ2) is 35.1. The molecule has 6 aromatic carbocycles. The molecule has 20 heteroatoms. The van der Waals surface area contributed by atoms with E-state index in [-0.39, 0.29) is 23.7 Å². The van der Waals surface area contributed by atoms with Crippen LogP contribution >= 0.6 is 0 Å². The summed E-state index contributed by atoms with van der Waals surface area (Å²) in [6, 6.07) is 51.4. The molecule has 120 heavy (non-hydrogen) atoms. The highest BCUT2D eigenvalue weighted by molar-refractivity contribution is 5.92. The third-order valence-corrected chi connectivity index (χ3v) is 30.1. The Morgan fingerprint density at radius 2 is 0.533 bits per heavy atom. The summed E-state index contributed by atoms with van der Waals surface area (Å²) in [5, 5.41) is 27.3. The predicted octanol–water partition coefficient (Wildman–Crippen LogP) is 18.6. The molecule has 18 heterocycles. The zero-order chi connectivity index (χ0) is 81.5. The molecule has 624 valence electrons. The molecule has 6 aromatic heterocycles. The highest BCUT2D eigenvalue weighted by Crippen LogP contribution is 2.51. The summed E-state index contributed by atoms with van der Waals surface area (Å²) >= 11 is 0. The van der Waals surface area contributed by atoms with E-state index in [0.717, 1.165) is 188 Å². The van der Waals surface area contributed by atoms with Crippen LogP contribution in [0.1, 0.15) is 151 Å². The molecule has 0 spiro atoms. The number of hydrogen-bond acceptors (Lipinski definition) is 20. The zero-order valence-electron chi connectivity index (χ0n) is 71.0. The first-order valence-corrected chi connectivity index (χ1v) is 44.7. The first kappa shape index (κ1) is 79.7. The smallest absolute Gasteiger partial charge is 0.241 e. The molecule has 12 saturated heterocycles. The highest BCUT2D eigenvalue weighted by atomic mass is 16.5. The lowest BCUT2D eigenvalue weighted by Gasteiger charge is -2.52. The van der Waals surface area contributed by atoms with Gasteiger partial charge in [-0.05, 0) is 268 Å². The Morgan fingerprint density at radius 1 is 0.300 bits per heavy atom. The summed E-state index contributed by atoms with van der Waals surface area (Å²) in [7, 11) is 6.90. The summed E-state index contributed by atoms with van der Waals surface area (Å²) in [5.74, 6) is 11.8. The van der Waals surface area contributed by atoms with Crippen LogP contribution in [-0.2, 0) is 0 Å². The first-order valence-electron chi connectivity index (χ1n) is 44.7. The summed E-state index contributed by atoms with van der Waals surface area (Å²) in [4.78, 5) is 29.9. The van der Waals surface area contributed by atoms with Crippen molar-refractivity contribution >= 4 is 65.2 Å². The van der Waals surface area contributed by atoms with E-state index in [2.05, 4.69) is 144 Å². The van der Waals surface area contributed by atoms with Crippen LogP contribution in [0.4, 0.5) is 0 Å². The molecule has 9 unspecified atom stereocenters. The van der Waals surface area contributed by atoms with Crippen LogP contribution in [0.3, 0.4) is 0 Å². The number of aromatic nitrogens is 8. The van der Waals surface area contributed by atoms with Gasteiger partial charge < -0.3 is 37.9 Å². The van der Waals surface area contributed by atoms with Crippen molar-refractivity contribution in [3.8, 4) is 46.5 Å². The second-order valence-electron chi connectivity index (χ2n) is 35.6. The van der Waals surface area contributed by atoms with Gasteiger partial charge in [-0.2, -0.15) is 0 Å².